The number of rotatable bonds is 3. The maximum absolute atomic E-state index is 13.3. The Bertz CT molecular complexity index is 437. The van der Waals surface area contributed by atoms with E-state index in [0.29, 0.717) is 12.2 Å². The molecule has 1 amide bonds. The number of methoxy groups -OCH3 is 1. The zero-order valence-electron chi connectivity index (χ0n) is 9.87. The lowest BCUT2D eigenvalue weighted by Crippen LogP contribution is -2.36. The number of amides is 1. The Morgan fingerprint density at radius 1 is 1.53 bits per heavy atom. The molecule has 1 aromatic rings. The van der Waals surface area contributed by atoms with Crippen molar-refractivity contribution < 1.29 is 13.9 Å². The average molecular weight is 238 g/mol. The van der Waals surface area contributed by atoms with Crippen LogP contribution in [0.2, 0.25) is 0 Å². The summed E-state index contributed by atoms with van der Waals surface area (Å²) >= 11 is 0. The second-order valence-electron chi connectivity index (χ2n) is 3.94. The van der Waals surface area contributed by atoms with Crippen molar-refractivity contribution in [3.63, 3.8) is 0 Å². The predicted octanol–water partition coefficient (Wildman–Crippen LogP) is 1.16. The molecule has 0 aliphatic carbocycles. The van der Waals surface area contributed by atoms with Crippen LogP contribution in [0.3, 0.4) is 0 Å². The number of nitrogens with one attached hydrogen (secondary N) is 1. The largest absolute Gasteiger partial charge is 0.494 e. The van der Waals surface area contributed by atoms with Crippen molar-refractivity contribution in [3.8, 4) is 5.75 Å². The zero-order valence-corrected chi connectivity index (χ0v) is 9.87. The number of anilines is 1. The van der Waals surface area contributed by atoms with Crippen molar-refractivity contribution in [3.05, 3.63) is 24.0 Å². The van der Waals surface area contributed by atoms with Gasteiger partial charge in [-0.05, 0) is 25.6 Å². The molecule has 1 unspecified atom stereocenters. The van der Waals surface area contributed by atoms with Gasteiger partial charge in [-0.1, -0.05) is 0 Å². The first-order valence-corrected chi connectivity index (χ1v) is 5.49. The third-order valence-corrected chi connectivity index (χ3v) is 3.00. The molecule has 1 saturated heterocycles. The molecule has 1 aliphatic rings. The minimum atomic E-state index is -0.423. The van der Waals surface area contributed by atoms with E-state index in [1.165, 1.54) is 13.2 Å². The topological polar surface area (TPSA) is 41.6 Å². The quantitative estimate of drug-likeness (QED) is 0.859. The fourth-order valence-corrected chi connectivity index (χ4v) is 2.02. The fraction of sp³-hybridized carbons (Fsp3) is 0.417. The van der Waals surface area contributed by atoms with Crippen molar-refractivity contribution in [2.75, 3.05) is 25.6 Å². The highest BCUT2D eigenvalue weighted by atomic mass is 19.1. The van der Waals surface area contributed by atoms with Crippen LogP contribution in [0, 0.1) is 5.82 Å². The van der Waals surface area contributed by atoms with E-state index in [-0.39, 0.29) is 17.7 Å². The van der Waals surface area contributed by atoms with Crippen LogP contribution in [0.25, 0.3) is 0 Å². The Kier molecular flexibility index (Phi) is 3.28. The van der Waals surface area contributed by atoms with Gasteiger partial charge in [0.05, 0.1) is 13.2 Å². The second kappa shape index (κ2) is 4.71. The molecule has 17 heavy (non-hydrogen) atoms. The minimum absolute atomic E-state index is 0.0150. The molecule has 1 heterocycles. The van der Waals surface area contributed by atoms with Gasteiger partial charge in [0.15, 0.2) is 11.6 Å². The van der Waals surface area contributed by atoms with Gasteiger partial charge in [-0.3, -0.25) is 4.79 Å². The Labute approximate surface area is 99.4 Å². The summed E-state index contributed by atoms with van der Waals surface area (Å²) in [5.41, 5.74) is 0.672. The molecular weight excluding hydrogens is 223 g/mol. The van der Waals surface area contributed by atoms with Gasteiger partial charge in [-0.25, -0.2) is 4.39 Å². The highest BCUT2D eigenvalue weighted by molar-refractivity contribution is 5.99. The summed E-state index contributed by atoms with van der Waals surface area (Å²) < 4.78 is 18.2. The first kappa shape index (κ1) is 11.9. The summed E-state index contributed by atoms with van der Waals surface area (Å²) in [4.78, 5) is 13.6. The lowest BCUT2D eigenvalue weighted by Gasteiger charge is -2.17. The van der Waals surface area contributed by atoms with Crippen LogP contribution in [0.15, 0.2) is 18.2 Å². The lowest BCUT2D eigenvalue weighted by atomic mass is 10.2. The van der Waals surface area contributed by atoms with E-state index >= 15 is 0 Å². The smallest absolute Gasteiger partial charge is 0.244 e. The maximum atomic E-state index is 13.3. The summed E-state index contributed by atoms with van der Waals surface area (Å²) in [6.45, 7) is 0.638. The summed E-state index contributed by atoms with van der Waals surface area (Å²) in [6.07, 6.45) is 0.759. The highest BCUT2D eigenvalue weighted by Crippen LogP contribution is 2.27. The Balaban J connectivity index is 2.26. The SMILES string of the molecule is CNC1CCN(c2ccc(F)c(OC)c2)C1=O. The second-order valence-corrected chi connectivity index (χ2v) is 3.94. The molecule has 2 rings (SSSR count). The van der Waals surface area contributed by atoms with Gasteiger partial charge in [0.1, 0.15) is 0 Å². The molecule has 0 aromatic heterocycles. The molecular formula is C12H15FN2O2. The third-order valence-electron chi connectivity index (χ3n) is 3.00. The number of ether oxygens (including phenoxy) is 1. The first-order chi connectivity index (χ1) is 8.17. The van der Waals surface area contributed by atoms with Crippen LogP contribution in [0.5, 0.6) is 5.75 Å². The van der Waals surface area contributed by atoms with Crippen LogP contribution in [0.1, 0.15) is 6.42 Å². The van der Waals surface area contributed by atoms with Crippen molar-refractivity contribution in [1.29, 1.82) is 0 Å². The predicted molar refractivity (Wildman–Crippen MR) is 62.8 cm³/mol. The fourth-order valence-electron chi connectivity index (χ4n) is 2.02. The van der Waals surface area contributed by atoms with E-state index in [2.05, 4.69) is 5.32 Å². The number of carbonyl (C=O) groups excluding carboxylic acids is 1. The number of carbonyl (C=O) groups is 1. The number of hydrogen-bond acceptors (Lipinski definition) is 3. The number of halogens is 1. The molecule has 0 bridgehead atoms. The third kappa shape index (κ3) is 2.10. The average Bonchev–Trinajstić information content (AvgIpc) is 2.71. The Morgan fingerprint density at radius 2 is 2.29 bits per heavy atom. The van der Waals surface area contributed by atoms with E-state index in [0.717, 1.165) is 6.42 Å². The number of benzene rings is 1. The van der Waals surface area contributed by atoms with E-state index in [1.54, 1.807) is 24.1 Å². The molecule has 1 aromatic carbocycles. The van der Waals surface area contributed by atoms with Crippen LogP contribution < -0.4 is 15.0 Å². The number of likely N-dealkylation sites (N-methyl/N-ethyl adjacent to an activating group) is 1. The molecule has 0 spiro atoms. The van der Waals surface area contributed by atoms with Crippen LogP contribution in [0.4, 0.5) is 10.1 Å². The van der Waals surface area contributed by atoms with Gasteiger partial charge in [0.25, 0.3) is 0 Å². The van der Waals surface area contributed by atoms with Crippen LogP contribution in [-0.2, 0) is 4.79 Å². The van der Waals surface area contributed by atoms with Crippen LogP contribution >= 0.6 is 0 Å². The summed E-state index contributed by atoms with van der Waals surface area (Å²) in [5, 5.41) is 2.96. The van der Waals surface area contributed by atoms with Gasteiger partial charge < -0.3 is 15.0 Å². The van der Waals surface area contributed by atoms with E-state index in [9.17, 15) is 9.18 Å². The Hall–Kier alpha value is -1.62. The van der Waals surface area contributed by atoms with Crippen LogP contribution in [-0.4, -0.2) is 32.7 Å². The molecule has 1 atom stereocenters. The van der Waals surface area contributed by atoms with Gasteiger partial charge in [-0.2, -0.15) is 0 Å². The highest BCUT2D eigenvalue weighted by Gasteiger charge is 2.31. The first-order valence-electron chi connectivity index (χ1n) is 5.49. The van der Waals surface area contributed by atoms with Crippen molar-refractivity contribution in [2.45, 2.75) is 12.5 Å². The molecule has 1 fully saturated rings. The van der Waals surface area contributed by atoms with Gasteiger partial charge in [0, 0.05) is 18.3 Å². The zero-order chi connectivity index (χ0) is 12.4. The summed E-state index contributed by atoms with van der Waals surface area (Å²) in [5.74, 6) is -0.252. The molecule has 92 valence electrons. The Morgan fingerprint density at radius 3 is 2.88 bits per heavy atom. The maximum Gasteiger partial charge on any atom is 0.244 e. The molecule has 5 heteroatoms. The normalized spacial score (nSPS) is 19.8. The summed E-state index contributed by atoms with van der Waals surface area (Å²) in [7, 11) is 3.17. The van der Waals surface area contributed by atoms with Gasteiger partial charge >= 0.3 is 0 Å². The van der Waals surface area contributed by atoms with Crippen molar-refractivity contribution in [2.24, 2.45) is 0 Å². The van der Waals surface area contributed by atoms with Crippen molar-refractivity contribution in [1.82, 2.24) is 5.32 Å². The molecule has 0 radical (unpaired) electrons. The van der Waals surface area contributed by atoms with Crippen molar-refractivity contribution >= 4 is 11.6 Å². The van der Waals surface area contributed by atoms with Gasteiger partial charge in [-0.15, -0.1) is 0 Å². The molecule has 0 saturated carbocycles. The standard InChI is InChI=1S/C12H15FN2O2/c1-14-10-5-6-15(12(10)16)8-3-4-9(13)11(7-8)17-2/h3-4,7,10,14H,5-6H2,1-2H3. The van der Waals surface area contributed by atoms with Gasteiger partial charge in [0.2, 0.25) is 5.91 Å². The molecule has 4 nitrogen and oxygen atoms in total. The van der Waals surface area contributed by atoms with E-state index < -0.39 is 5.82 Å². The minimum Gasteiger partial charge on any atom is -0.494 e. The van der Waals surface area contributed by atoms with E-state index in [4.69, 9.17) is 4.74 Å². The molecule has 1 aliphatic heterocycles. The van der Waals surface area contributed by atoms with E-state index in [1.807, 2.05) is 0 Å². The number of hydrogen-bond donors (Lipinski definition) is 1. The molecule has 1 N–H and O–H groups in total. The lowest BCUT2D eigenvalue weighted by molar-refractivity contribution is -0.118. The summed E-state index contributed by atoms with van der Waals surface area (Å²) in [6, 6.07) is 4.30. The monoisotopic (exact) mass is 238 g/mol. The number of nitrogens with zero attached hydrogens (tertiary/aromatic N) is 1.